The third-order valence-electron chi connectivity index (χ3n) is 5.92. The Morgan fingerprint density at radius 1 is 1.22 bits per heavy atom. The molecule has 7 nitrogen and oxygen atoms in total. The van der Waals surface area contributed by atoms with E-state index in [0.29, 0.717) is 27.9 Å². The number of aromatic nitrogens is 2. The van der Waals surface area contributed by atoms with Gasteiger partial charge in [-0.05, 0) is 37.8 Å². The van der Waals surface area contributed by atoms with Crippen LogP contribution in [0, 0.1) is 5.41 Å². The summed E-state index contributed by atoms with van der Waals surface area (Å²) >= 11 is 7.68. The number of aliphatic hydroxyl groups is 1. The van der Waals surface area contributed by atoms with Crippen LogP contribution in [0.5, 0.6) is 0 Å². The van der Waals surface area contributed by atoms with Gasteiger partial charge < -0.3 is 26.0 Å². The van der Waals surface area contributed by atoms with Gasteiger partial charge in [-0.25, -0.2) is 9.97 Å². The molecule has 4 aromatic rings. The molecule has 0 saturated heterocycles. The van der Waals surface area contributed by atoms with E-state index in [1.54, 1.807) is 23.7 Å². The van der Waals surface area contributed by atoms with Gasteiger partial charge in [0.2, 0.25) is 0 Å². The van der Waals surface area contributed by atoms with Crippen LogP contribution in [0.25, 0.3) is 38.0 Å². The summed E-state index contributed by atoms with van der Waals surface area (Å²) in [7, 11) is 0. The molecule has 9 heteroatoms. The SMILES string of the molecule is N=C/C(=C\NC1CCC(O)CC1)c1cnc(N)c2oc(-c3csc4cnc(Cl)cc34)cc12. The Bertz CT molecular complexity index is 1340. The second-order valence-corrected chi connectivity index (χ2v) is 9.28. The fourth-order valence-corrected chi connectivity index (χ4v) is 5.21. The number of nitrogen functional groups attached to an aromatic ring is 1. The second-order valence-electron chi connectivity index (χ2n) is 7.98. The van der Waals surface area contributed by atoms with Gasteiger partial charge in [0.05, 0.1) is 10.8 Å². The summed E-state index contributed by atoms with van der Waals surface area (Å²) in [6.45, 7) is 0. The van der Waals surface area contributed by atoms with Gasteiger partial charge >= 0.3 is 0 Å². The number of nitrogens with one attached hydrogen (secondary N) is 2. The monoisotopic (exact) mass is 467 g/mol. The fourth-order valence-electron chi connectivity index (χ4n) is 4.15. The Balaban J connectivity index is 1.54. The third-order valence-corrected chi connectivity index (χ3v) is 7.06. The van der Waals surface area contributed by atoms with Crippen molar-refractivity contribution in [2.24, 2.45) is 0 Å². The normalized spacial score (nSPS) is 19.5. The minimum atomic E-state index is -0.205. The number of hydrogen-bond donors (Lipinski definition) is 4. The maximum absolute atomic E-state index is 9.71. The zero-order chi connectivity index (χ0) is 22.2. The van der Waals surface area contributed by atoms with Crippen molar-refractivity contribution in [2.75, 3.05) is 5.73 Å². The minimum absolute atomic E-state index is 0.205. The zero-order valence-electron chi connectivity index (χ0n) is 17.1. The smallest absolute Gasteiger partial charge is 0.177 e. The van der Waals surface area contributed by atoms with Crippen LogP contribution in [0.15, 0.2) is 40.5 Å². The van der Waals surface area contributed by atoms with Crippen LogP contribution in [-0.4, -0.2) is 33.4 Å². The van der Waals surface area contributed by atoms with Gasteiger partial charge in [0.15, 0.2) is 11.4 Å². The van der Waals surface area contributed by atoms with Crippen LogP contribution in [-0.2, 0) is 0 Å². The quantitative estimate of drug-likeness (QED) is 0.236. The number of rotatable bonds is 5. The highest BCUT2D eigenvalue weighted by Crippen LogP contribution is 2.39. The molecule has 0 radical (unpaired) electrons. The first-order valence-corrected chi connectivity index (χ1v) is 11.7. The van der Waals surface area contributed by atoms with E-state index in [4.69, 9.17) is 27.2 Å². The molecule has 0 aromatic carbocycles. The van der Waals surface area contributed by atoms with Crippen LogP contribution >= 0.6 is 22.9 Å². The first-order valence-electron chi connectivity index (χ1n) is 10.4. The van der Waals surface area contributed by atoms with Crippen molar-refractivity contribution in [3.63, 3.8) is 0 Å². The number of aliphatic hydroxyl groups excluding tert-OH is 1. The summed E-state index contributed by atoms with van der Waals surface area (Å²) < 4.78 is 7.15. The molecular formula is C23H22ClN5O2S. The summed E-state index contributed by atoms with van der Waals surface area (Å²) in [5.41, 5.74) is 8.98. The van der Waals surface area contributed by atoms with Gasteiger partial charge in [0.1, 0.15) is 10.9 Å². The first-order chi connectivity index (χ1) is 15.5. The van der Waals surface area contributed by atoms with Crippen LogP contribution in [0.1, 0.15) is 31.2 Å². The Hall–Kier alpha value is -2.94. The molecule has 0 spiro atoms. The van der Waals surface area contributed by atoms with Gasteiger partial charge in [-0.1, -0.05) is 11.6 Å². The topological polar surface area (TPSA) is 121 Å². The molecule has 5 rings (SSSR count). The number of halogens is 1. The lowest BCUT2D eigenvalue weighted by atomic mass is 9.93. The number of thiophene rings is 1. The van der Waals surface area contributed by atoms with Gasteiger partial charge in [-0.3, -0.25) is 0 Å². The van der Waals surface area contributed by atoms with Crippen molar-refractivity contribution < 1.29 is 9.52 Å². The minimum Gasteiger partial charge on any atom is -0.452 e. The maximum atomic E-state index is 9.71. The molecule has 5 N–H and O–H groups in total. The van der Waals surface area contributed by atoms with E-state index in [2.05, 4.69) is 15.3 Å². The Labute approximate surface area is 193 Å². The summed E-state index contributed by atoms with van der Waals surface area (Å²) in [5, 5.41) is 25.3. The average Bonchev–Trinajstić information content (AvgIpc) is 3.41. The molecule has 32 heavy (non-hydrogen) atoms. The lowest BCUT2D eigenvalue weighted by Crippen LogP contribution is -2.31. The van der Waals surface area contributed by atoms with Crippen molar-refractivity contribution in [1.82, 2.24) is 15.3 Å². The van der Waals surface area contributed by atoms with Crippen molar-refractivity contribution in [2.45, 2.75) is 37.8 Å². The molecule has 1 aliphatic rings. The van der Waals surface area contributed by atoms with Gasteiger partial charge in [-0.15, -0.1) is 11.3 Å². The molecule has 0 unspecified atom stereocenters. The predicted molar refractivity (Wildman–Crippen MR) is 130 cm³/mol. The van der Waals surface area contributed by atoms with Gasteiger partial charge in [0.25, 0.3) is 0 Å². The van der Waals surface area contributed by atoms with Gasteiger partial charge in [0, 0.05) is 63.7 Å². The lowest BCUT2D eigenvalue weighted by Gasteiger charge is -2.25. The highest BCUT2D eigenvalue weighted by molar-refractivity contribution is 7.17. The standard InChI is InChI=1S/C23H22ClN5O2S/c24-21-6-15-18(11-32-20(15)10-28-21)19-5-16-17(9-29-23(26)22(16)31-19)12(7-25)8-27-13-1-3-14(30)4-2-13/h5-11,13-14,25,27,30H,1-4H2,(H2,26,29)/b12-8+,25-7?. The zero-order valence-corrected chi connectivity index (χ0v) is 18.7. The lowest BCUT2D eigenvalue weighted by molar-refractivity contribution is 0.119. The van der Waals surface area contributed by atoms with E-state index >= 15 is 0 Å². The summed E-state index contributed by atoms with van der Waals surface area (Å²) in [4.78, 5) is 8.45. The fraction of sp³-hybridized carbons (Fsp3) is 0.261. The van der Waals surface area contributed by atoms with E-state index in [9.17, 15) is 5.11 Å². The van der Waals surface area contributed by atoms with E-state index in [1.807, 2.05) is 23.7 Å². The Kier molecular flexibility index (Phi) is 5.58. The number of allylic oxidation sites excluding steroid dienone is 1. The molecular weight excluding hydrogens is 446 g/mol. The largest absolute Gasteiger partial charge is 0.452 e. The molecule has 164 valence electrons. The molecule has 0 atom stereocenters. The molecule has 1 fully saturated rings. The van der Waals surface area contributed by atoms with Crippen LogP contribution in [0.3, 0.4) is 0 Å². The van der Waals surface area contributed by atoms with Crippen molar-refractivity contribution in [1.29, 1.82) is 5.41 Å². The van der Waals surface area contributed by atoms with Crippen molar-refractivity contribution in [3.05, 3.63) is 46.8 Å². The molecule has 1 aliphatic carbocycles. The number of pyridine rings is 2. The third kappa shape index (κ3) is 3.85. The van der Waals surface area contributed by atoms with E-state index in [-0.39, 0.29) is 12.1 Å². The maximum Gasteiger partial charge on any atom is 0.177 e. The molecule has 0 bridgehead atoms. The molecule has 1 saturated carbocycles. The predicted octanol–water partition coefficient (Wildman–Crippen LogP) is 5.22. The van der Waals surface area contributed by atoms with Crippen molar-refractivity contribution in [3.8, 4) is 11.3 Å². The average molecular weight is 468 g/mol. The number of furan rings is 1. The Morgan fingerprint density at radius 3 is 2.81 bits per heavy atom. The number of fused-ring (bicyclic) bond motifs is 2. The molecule has 0 aliphatic heterocycles. The summed E-state index contributed by atoms with van der Waals surface area (Å²) in [6, 6.07) is 4.04. The number of hydrogen-bond acceptors (Lipinski definition) is 8. The number of anilines is 1. The summed E-state index contributed by atoms with van der Waals surface area (Å²) in [6.07, 6.45) is 9.75. The van der Waals surface area contributed by atoms with E-state index < -0.39 is 0 Å². The summed E-state index contributed by atoms with van der Waals surface area (Å²) in [5.74, 6) is 0.959. The van der Waals surface area contributed by atoms with Crippen LogP contribution in [0.2, 0.25) is 5.15 Å². The van der Waals surface area contributed by atoms with Crippen molar-refractivity contribution >= 4 is 61.6 Å². The molecule has 4 aromatic heterocycles. The van der Waals surface area contributed by atoms with Crippen LogP contribution < -0.4 is 11.1 Å². The first kappa shape index (κ1) is 20.9. The highest BCUT2D eigenvalue weighted by atomic mass is 35.5. The number of nitrogens with zero attached hydrogens (tertiary/aromatic N) is 2. The van der Waals surface area contributed by atoms with E-state index in [0.717, 1.165) is 52.3 Å². The number of nitrogens with two attached hydrogens (primary N) is 1. The second kappa shape index (κ2) is 8.54. The van der Waals surface area contributed by atoms with Gasteiger partial charge in [-0.2, -0.15) is 0 Å². The highest BCUT2D eigenvalue weighted by Gasteiger charge is 2.20. The van der Waals surface area contributed by atoms with Crippen LogP contribution in [0.4, 0.5) is 5.82 Å². The van der Waals surface area contributed by atoms with E-state index in [1.165, 1.54) is 6.21 Å². The molecule has 4 heterocycles. The molecule has 0 amide bonds. The Morgan fingerprint density at radius 2 is 2.03 bits per heavy atom.